The Kier molecular flexibility index (Phi) is 6.31. The minimum Gasteiger partial charge on any atom is -0.376 e. The molecule has 31 heavy (non-hydrogen) atoms. The van der Waals surface area contributed by atoms with E-state index >= 15 is 0 Å². The first-order chi connectivity index (χ1) is 14.8. The first-order valence-electron chi connectivity index (χ1n) is 10.3. The van der Waals surface area contributed by atoms with Crippen LogP contribution in [0.25, 0.3) is 10.1 Å². The summed E-state index contributed by atoms with van der Waals surface area (Å²) in [5, 5.41) is 3.79. The average molecular weight is 459 g/mol. The third-order valence-electron chi connectivity index (χ3n) is 5.37. The number of nitrogens with zero attached hydrogens (tertiary/aromatic N) is 1. The highest BCUT2D eigenvalue weighted by Crippen LogP contribution is 2.31. The summed E-state index contributed by atoms with van der Waals surface area (Å²) in [6.07, 6.45) is 3.31. The number of ether oxygens (including phenoxy) is 1. The van der Waals surface area contributed by atoms with Crippen molar-refractivity contribution in [1.29, 1.82) is 0 Å². The summed E-state index contributed by atoms with van der Waals surface area (Å²) in [7, 11) is -3.48. The number of fused-ring (bicyclic) bond motifs is 1. The molecule has 0 spiro atoms. The smallest absolute Gasteiger partial charge is 0.261 e. The number of benzene rings is 2. The number of carbonyl (C=O) groups is 1. The Bertz CT molecular complexity index is 1180. The van der Waals surface area contributed by atoms with Gasteiger partial charge in [0.2, 0.25) is 10.0 Å². The lowest BCUT2D eigenvalue weighted by molar-refractivity contribution is 0.0861. The fraction of sp³-hybridized carbons (Fsp3) is 0.348. The van der Waals surface area contributed by atoms with Gasteiger partial charge in [-0.05, 0) is 55.0 Å². The first kappa shape index (κ1) is 21.8. The Morgan fingerprint density at radius 3 is 2.65 bits per heavy atom. The largest absolute Gasteiger partial charge is 0.376 e. The molecule has 0 radical (unpaired) electrons. The minimum absolute atomic E-state index is 0.0926. The SMILES string of the molecule is Cc1ccc(CN(c2ccc3sc(C(=O)NC[C@@H]4CCCO4)cc3c2)S(C)(=O)=O)cc1. The Labute approximate surface area is 186 Å². The van der Waals surface area contributed by atoms with Crippen LogP contribution in [0.1, 0.15) is 33.6 Å². The average Bonchev–Trinajstić information content (AvgIpc) is 3.39. The lowest BCUT2D eigenvalue weighted by atomic mass is 10.1. The van der Waals surface area contributed by atoms with Crippen LogP contribution in [0, 0.1) is 6.92 Å². The van der Waals surface area contributed by atoms with Gasteiger partial charge in [0.15, 0.2) is 0 Å². The highest BCUT2D eigenvalue weighted by atomic mass is 32.2. The van der Waals surface area contributed by atoms with Gasteiger partial charge in [-0.15, -0.1) is 11.3 Å². The monoisotopic (exact) mass is 458 g/mol. The molecule has 3 aromatic rings. The summed E-state index contributed by atoms with van der Waals surface area (Å²) < 4.78 is 32.9. The fourth-order valence-corrected chi connectivity index (χ4v) is 5.50. The van der Waals surface area contributed by atoms with Crippen LogP contribution in [-0.4, -0.2) is 39.8 Å². The number of carbonyl (C=O) groups excluding carboxylic acids is 1. The Morgan fingerprint density at radius 1 is 1.19 bits per heavy atom. The van der Waals surface area contributed by atoms with Crippen molar-refractivity contribution in [3.05, 3.63) is 64.5 Å². The molecule has 0 aliphatic carbocycles. The van der Waals surface area contributed by atoms with Crippen molar-refractivity contribution >= 4 is 43.0 Å². The maximum Gasteiger partial charge on any atom is 0.261 e. The van der Waals surface area contributed by atoms with E-state index in [0.717, 1.165) is 40.7 Å². The van der Waals surface area contributed by atoms with E-state index in [4.69, 9.17) is 4.74 Å². The van der Waals surface area contributed by atoms with Gasteiger partial charge in [-0.1, -0.05) is 29.8 Å². The Morgan fingerprint density at radius 2 is 1.97 bits per heavy atom. The second kappa shape index (κ2) is 8.98. The van der Waals surface area contributed by atoms with Crippen molar-refractivity contribution in [2.24, 2.45) is 0 Å². The number of nitrogens with one attached hydrogen (secondary N) is 1. The van der Waals surface area contributed by atoms with Crippen molar-refractivity contribution in [2.75, 3.05) is 23.7 Å². The van der Waals surface area contributed by atoms with E-state index in [-0.39, 0.29) is 18.6 Å². The van der Waals surface area contributed by atoms with Crippen molar-refractivity contribution in [2.45, 2.75) is 32.4 Å². The molecule has 1 atom stereocenters. The lowest BCUT2D eigenvalue weighted by Crippen LogP contribution is -2.31. The molecule has 0 saturated carbocycles. The van der Waals surface area contributed by atoms with Gasteiger partial charge in [-0.2, -0.15) is 0 Å². The van der Waals surface area contributed by atoms with E-state index in [1.54, 1.807) is 6.07 Å². The lowest BCUT2D eigenvalue weighted by Gasteiger charge is -2.22. The number of rotatable bonds is 7. The maximum absolute atomic E-state index is 12.6. The van der Waals surface area contributed by atoms with Crippen LogP contribution in [-0.2, 0) is 21.3 Å². The Hall–Kier alpha value is -2.42. The normalized spacial score (nSPS) is 16.5. The summed E-state index contributed by atoms with van der Waals surface area (Å²) in [5.74, 6) is -0.127. The van der Waals surface area contributed by atoms with Crippen LogP contribution in [0.15, 0.2) is 48.5 Å². The molecule has 1 aliphatic rings. The van der Waals surface area contributed by atoms with E-state index < -0.39 is 10.0 Å². The molecule has 1 aliphatic heterocycles. The van der Waals surface area contributed by atoms with E-state index in [0.29, 0.717) is 17.1 Å². The maximum atomic E-state index is 12.6. The molecule has 6 nitrogen and oxygen atoms in total. The number of aryl methyl sites for hydroxylation is 1. The van der Waals surface area contributed by atoms with Gasteiger partial charge in [0, 0.05) is 17.9 Å². The van der Waals surface area contributed by atoms with E-state index in [1.807, 2.05) is 49.4 Å². The van der Waals surface area contributed by atoms with Gasteiger partial charge in [0.05, 0.1) is 29.5 Å². The number of sulfonamides is 1. The zero-order chi connectivity index (χ0) is 22.0. The molecule has 2 aromatic carbocycles. The van der Waals surface area contributed by atoms with Gasteiger partial charge in [0.25, 0.3) is 5.91 Å². The molecule has 0 bridgehead atoms. The van der Waals surface area contributed by atoms with Crippen LogP contribution in [0.3, 0.4) is 0 Å². The molecular weight excluding hydrogens is 432 g/mol. The summed E-state index contributed by atoms with van der Waals surface area (Å²) in [6.45, 7) is 3.52. The van der Waals surface area contributed by atoms with Gasteiger partial charge < -0.3 is 10.1 Å². The van der Waals surface area contributed by atoms with Crippen LogP contribution >= 0.6 is 11.3 Å². The van der Waals surface area contributed by atoms with E-state index in [1.165, 1.54) is 21.9 Å². The predicted octanol–water partition coefficient (Wildman–Crippen LogP) is 4.08. The summed E-state index contributed by atoms with van der Waals surface area (Å²) in [4.78, 5) is 13.2. The number of hydrogen-bond acceptors (Lipinski definition) is 5. The van der Waals surface area contributed by atoms with Gasteiger partial charge in [0.1, 0.15) is 0 Å². The molecule has 1 amide bonds. The highest BCUT2D eigenvalue weighted by Gasteiger charge is 2.20. The number of thiophene rings is 1. The van der Waals surface area contributed by atoms with Crippen LogP contribution in [0.2, 0.25) is 0 Å². The molecular formula is C23H26N2O4S2. The van der Waals surface area contributed by atoms with E-state index in [9.17, 15) is 13.2 Å². The highest BCUT2D eigenvalue weighted by molar-refractivity contribution is 7.92. The minimum atomic E-state index is -3.48. The zero-order valence-electron chi connectivity index (χ0n) is 17.6. The summed E-state index contributed by atoms with van der Waals surface area (Å²) in [5.41, 5.74) is 2.62. The van der Waals surface area contributed by atoms with Gasteiger partial charge >= 0.3 is 0 Å². The van der Waals surface area contributed by atoms with E-state index in [2.05, 4.69) is 5.32 Å². The first-order valence-corrected chi connectivity index (χ1v) is 12.9. The van der Waals surface area contributed by atoms with Crippen molar-refractivity contribution < 1.29 is 17.9 Å². The molecule has 4 rings (SSSR count). The molecule has 8 heteroatoms. The molecule has 1 saturated heterocycles. The van der Waals surface area contributed by atoms with Crippen LogP contribution in [0.4, 0.5) is 5.69 Å². The van der Waals surface area contributed by atoms with Crippen LogP contribution < -0.4 is 9.62 Å². The number of anilines is 1. The summed E-state index contributed by atoms with van der Waals surface area (Å²) >= 11 is 1.40. The number of hydrogen-bond donors (Lipinski definition) is 1. The molecule has 1 fully saturated rings. The van der Waals surface area contributed by atoms with Crippen molar-refractivity contribution in [3.8, 4) is 0 Å². The predicted molar refractivity (Wildman–Crippen MR) is 125 cm³/mol. The molecule has 164 valence electrons. The standard InChI is InChI=1S/C23H26N2O4S2/c1-16-5-7-17(8-6-16)15-25(31(2,27)28)19-9-10-21-18(12-19)13-22(30-21)23(26)24-14-20-4-3-11-29-20/h5-10,12-13,20H,3-4,11,14-15H2,1-2H3,(H,24,26)/t20-/m0/s1. The van der Waals surface area contributed by atoms with Crippen molar-refractivity contribution in [3.63, 3.8) is 0 Å². The molecule has 1 aromatic heterocycles. The van der Waals surface area contributed by atoms with Gasteiger partial charge in [-0.3, -0.25) is 9.10 Å². The molecule has 1 N–H and O–H groups in total. The fourth-order valence-electron chi connectivity index (χ4n) is 3.66. The zero-order valence-corrected chi connectivity index (χ0v) is 19.3. The van der Waals surface area contributed by atoms with Gasteiger partial charge in [-0.25, -0.2) is 8.42 Å². The molecule has 0 unspecified atom stereocenters. The van der Waals surface area contributed by atoms with Crippen molar-refractivity contribution in [1.82, 2.24) is 5.32 Å². The molecule has 2 heterocycles. The second-order valence-electron chi connectivity index (χ2n) is 7.93. The third-order valence-corrected chi connectivity index (χ3v) is 7.63. The third kappa shape index (κ3) is 5.26. The number of amides is 1. The summed E-state index contributed by atoms with van der Waals surface area (Å²) in [6, 6.07) is 15.1. The second-order valence-corrected chi connectivity index (χ2v) is 10.9. The van der Waals surface area contributed by atoms with Crippen LogP contribution in [0.5, 0.6) is 0 Å². The topological polar surface area (TPSA) is 75.7 Å². The quantitative estimate of drug-likeness (QED) is 0.579. The Balaban J connectivity index is 1.56.